The second-order valence-corrected chi connectivity index (χ2v) is 15.3. The Morgan fingerprint density at radius 3 is 1.09 bits per heavy atom. The van der Waals surface area contributed by atoms with Crippen molar-refractivity contribution >= 4 is 17.9 Å². The fraction of sp³-hybridized carbons (Fsp3) is 0.851. The van der Waals surface area contributed by atoms with Gasteiger partial charge >= 0.3 is 17.9 Å². The minimum Gasteiger partial charge on any atom is -0.462 e. The highest BCUT2D eigenvalue weighted by Gasteiger charge is 2.19. The average Bonchev–Trinajstić information content (AvgIpc) is 3.15. The first-order chi connectivity index (χ1) is 26.0. The van der Waals surface area contributed by atoms with Gasteiger partial charge in [-0.2, -0.15) is 0 Å². The molecule has 0 rings (SSSR count). The number of allylic oxidation sites excluding steroid dienone is 4. The molecule has 1 atom stereocenters. The Morgan fingerprint density at radius 2 is 0.698 bits per heavy atom. The first-order valence-electron chi connectivity index (χ1n) is 22.8. The van der Waals surface area contributed by atoms with E-state index in [2.05, 4.69) is 45.1 Å². The third-order valence-corrected chi connectivity index (χ3v) is 9.96. The lowest BCUT2D eigenvalue weighted by Crippen LogP contribution is -2.30. The molecule has 53 heavy (non-hydrogen) atoms. The zero-order valence-corrected chi connectivity index (χ0v) is 35.3. The molecule has 0 aromatic rings. The van der Waals surface area contributed by atoms with Gasteiger partial charge in [0.2, 0.25) is 0 Å². The standard InChI is InChI=1S/C47H86O6/c1-4-7-10-13-16-18-20-22-24-26-28-31-34-37-40-46(49)52-43-44(42-51-45(48)39-36-33-30-15-12-9-6-3)53-47(50)41-38-35-32-29-27-25-23-21-19-17-14-11-8-5-2/h13,16,20,22,44H,4-12,14-15,17-19,21,23-43H2,1-3H3/b16-13-,22-20-. The van der Waals surface area contributed by atoms with E-state index in [0.717, 1.165) is 77.0 Å². The highest BCUT2D eigenvalue weighted by molar-refractivity contribution is 5.71. The number of rotatable bonds is 41. The summed E-state index contributed by atoms with van der Waals surface area (Å²) in [5, 5.41) is 0. The lowest BCUT2D eigenvalue weighted by Gasteiger charge is -2.18. The molecule has 0 N–H and O–H groups in total. The summed E-state index contributed by atoms with van der Waals surface area (Å²) in [5.74, 6) is -0.888. The second kappa shape index (κ2) is 42.6. The molecule has 0 radical (unpaired) electrons. The summed E-state index contributed by atoms with van der Waals surface area (Å²) >= 11 is 0. The van der Waals surface area contributed by atoms with Gasteiger partial charge in [-0.25, -0.2) is 0 Å². The molecule has 1 unspecified atom stereocenters. The van der Waals surface area contributed by atoms with E-state index in [0.29, 0.717) is 19.3 Å². The maximum absolute atomic E-state index is 12.7. The fourth-order valence-corrected chi connectivity index (χ4v) is 6.46. The summed E-state index contributed by atoms with van der Waals surface area (Å²) < 4.78 is 16.7. The molecule has 0 saturated heterocycles. The average molecular weight is 747 g/mol. The second-order valence-electron chi connectivity index (χ2n) is 15.3. The van der Waals surface area contributed by atoms with Gasteiger partial charge in [-0.1, -0.05) is 199 Å². The molecule has 6 heteroatoms. The zero-order chi connectivity index (χ0) is 38.7. The first-order valence-corrected chi connectivity index (χ1v) is 22.8. The number of carbonyl (C=O) groups excluding carboxylic acids is 3. The first kappa shape index (κ1) is 50.9. The molecule has 0 saturated carbocycles. The number of esters is 3. The molecular weight excluding hydrogens is 661 g/mol. The van der Waals surface area contributed by atoms with Crippen molar-refractivity contribution in [2.24, 2.45) is 0 Å². The molecule has 0 bridgehead atoms. The Kier molecular flexibility index (Phi) is 40.9. The van der Waals surface area contributed by atoms with Crippen molar-refractivity contribution in [3.8, 4) is 0 Å². The number of hydrogen-bond acceptors (Lipinski definition) is 6. The Balaban J connectivity index is 4.30. The van der Waals surface area contributed by atoms with E-state index < -0.39 is 6.10 Å². The van der Waals surface area contributed by atoms with Gasteiger partial charge in [-0.3, -0.25) is 14.4 Å². The van der Waals surface area contributed by atoms with Crippen LogP contribution in [-0.2, 0) is 28.6 Å². The summed E-state index contributed by atoms with van der Waals surface area (Å²) in [6.07, 6.45) is 45.9. The molecule has 0 aromatic heterocycles. The van der Waals surface area contributed by atoms with Crippen molar-refractivity contribution in [3.05, 3.63) is 24.3 Å². The largest absolute Gasteiger partial charge is 0.462 e. The van der Waals surface area contributed by atoms with Crippen LogP contribution in [0.3, 0.4) is 0 Å². The molecular formula is C47H86O6. The van der Waals surface area contributed by atoms with Crippen LogP contribution in [0.15, 0.2) is 24.3 Å². The van der Waals surface area contributed by atoms with E-state index in [-0.39, 0.29) is 31.1 Å². The van der Waals surface area contributed by atoms with Gasteiger partial charge in [-0.15, -0.1) is 0 Å². The fourth-order valence-electron chi connectivity index (χ4n) is 6.46. The smallest absolute Gasteiger partial charge is 0.306 e. The highest BCUT2D eigenvalue weighted by atomic mass is 16.6. The van der Waals surface area contributed by atoms with Crippen LogP contribution in [0.5, 0.6) is 0 Å². The van der Waals surface area contributed by atoms with Crippen LogP contribution < -0.4 is 0 Å². The molecule has 0 aliphatic heterocycles. The van der Waals surface area contributed by atoms with Crippen LogP contribution in [-0.4, -0.2) is 37.2 Å². The SMILES string of the molecule is CCCC/C=C\C/C=C\CCCCCCCC(=O)OCC(COC(=O)CCCCCCCCC)OC(=O)CCCCCCCCCCCCCCCC. The molecule has 0 fully saturated rings. The van der Waals surface area contributed by atoms with E-state index in [1.807, 2.05) is 0 Å². The molecule has 0 spiro atoms. The maximum Gasteiger partial charge on any atom is 0.306 e. The summed E-state index contributed by atoms with van der Waals surface area (Å²) in [4.78, 5) is 37.6. The Bertz CT molecular complexity index is 865. The zero-order valence-electron chi connectivity index (χ0n) is 35.3. The van der Waals surface area contributed by atoms with Gasteiger partial charge in [-0.05, 0) is 44.9 Å². The van der Waals surface area contributed by atoms with Gasteiger partial charge < -0.3 is 14.2 Å². The van der Waals surface area contributed by atoms with E-state index in [4.69, 9.17) is 14.2 Å². The molecule has 0 aliphatic rings. The van der Waals surface area contributed by atoms with Gasteiger partial charge in [0.25, 0.3) is 0 Å². The molecule has 0 amide bonds. The third kappa shape index (κ3) is 40.9. The van der Waals surface area contributed by atoms with Crippen LogP contribution in [0, 0.1) is 0 Å². The number of unbranched alkanes of at least 4 members (excludes halogenated alkanes) is 26. The summed E-state index contributed by atoms with van der Waals surface area (Å²) in [5.41, 5.74) is 0. The van der Waals surface area contributed by atoms with Gasteiger partial charge in [0.15, 0.2) is 6.10 Å². The van der Waals surface area contributed by atoms with E-state index >= 15 is 0 Å². The van der Waals surface area contributed by atoms with Crippen molar-refractivity contribution in [3.63, 3.8) is 0 Å². The number of ether oxygens (including phenoxy) is 3. The Labute approximate surface area is 328 Å². The molecule has 0 heterocycles. The molecule has 6 nitrogen and oxygen atoms in total. The van der Waals surface area contributed by atoms with Crippen molar-refractivity contribution in [1.82, 2.24) is 0 Å². The van der Waals surface area contributed by atoms with Crippen molar-refractivity contribution in [1.29, 1.82) is 0 Å². The van der Waals surface area contributed by atoms with Crippen LogP contribution in [0.25, 0.3) is 0 Å². The third-order valence-electron chi connectivity index (χ3n) is 9.96. The monoisotopic (exact) mass is 747 g/mol. The summed E-state index contributed by atoms with van der Waals surface area (Å²) in [6, 6.07) is 0. The predicted octanol–water partition coefficient (Wildman–Crippen LogP) is 14.4. The Hall–Kier alpha value is -2.11. The number of carbonyl (C=O) groups is 3. The van der Waals surface area contributed by atoms with E-state index in [1.54, 1.807) is 0 Å². The topological polar surface area (TPSA) is 78.9 Å². The van der Waals surface area contributed by atoms with Crippen LogP contribution >= 0.6 is 0 Å². The molecule has 310 valence electrons. The van der Waals surface area contributed by atoms with Gasteiger partial charge in [0.1, 0.15) is 13.2 Å². The highest BCUT2D eigenvalue weighted by Crippen LogP contribution is 2.15. The normalized spacial score (nSPS) is 12.1. The van der Waals surface area contributed by atoms with Crippen LogP contribution in [0.2, 0.25) is 0 Å². The van der Waals surface area contributed by atoms with Crippen molar-refractivity contribution in [2.45, 2.75) is 245 Å². The molecule has 0 aromatic carbocycles. The number of hydrogen-bond donors (Lipinski definition) is 0. The predicted molar refractivity (Wildman–Crippen MR) is 224 cm³/mol. The lowest BCUT2D eigenvalue weighted by molar-refractivity contribution is -0.167. The van der Waals surface area contributed by atoms with E-state index in [9.17, 15) is 14.4 Å². The molecule has 0 aliphatic carbocycles. The van der Waals surface area contributed by atoms with Crippen molar-refractivity contribution < 1.29 is 28.6 Å². The van der Waals surface area contributed by atoms with Gasteiger partial charge in [0.05, 0.1) is 0 Å². The minimum atomic E-state index is -0.768. The van der Waals surface area contributed by atoms with E-state index in [1.165, 1.54) is 122 Å². The van der Waals surface area contributed by atoms with Crippen molar-refractivity contribution in [2.75, 3.05) is 13.2 Å². The van der Waals surface area contributed by atoms with Crippen LogP contribution in [0.1, 0.15) is 239 Å². The van der Waals surface area contributed by atoms with Gasteiger partial charge in [0, 0.05) is 19.3 Å². The minimum absolute atomic E-state index is 0.0727. The van der Waals surface area contributed by atoms with Crippen LogP contribution in [0.4, 0.5) is 0 Å². The summed E-state index contributed by atoms with van der Waals surface area (Å²) in [7, 11) is 0. The quantitative estimate of drug-likeness (QED) is 0.0268. The maximum atomic E-state index is 12.7. The Morgan fingerprint density at radius 1 is 0.377 bits per heavy atom. The lowest BCUT2D eigenvalue weighted by atomic mass is 10.0. The summed E-state index contributed by atoms with van der Waals surface area (Å²) in [6.45, 7) is 6.55.